The Morgan fingerprint density at radius 3 is 2.85 bits per heavy atom. The van der Waals surface area contributed by atoms with E-state index in [2.05, 4.69) is 25.9 Å². The molecular formula is C13H14N6O. The molecule has 0 amide bonds. The van der Waals surface area contributed by atoms with E-state index in [0.29, 0.717) is 24.4 Å². The fourth-order valence-corrected chi connectivity index (χ4v) is 1.92. The van der Waals surface area contributed by atoms with Crippen LogP contribution in [0.3, 0.4) is 0 Å². The molecule has 0 aliphatic rings. The first-order valence-corrected chi connectivity index (χ1v) is 6.32. The predicted molar refractivity (Wildman–Crippen MR) is 73.2 cm³/mol. The summed E-state index contributed by atoms with van der Waals surface area (Å²) in [5.74, 6) is 0.622. The van der Waals surface area contributed by atoms with E-state index in [4.69, 9.17) is 0 Å². The number of anilines is 1. The summed E-state index contributed by atoms with van der Waals surface area (Å²) in [5, 5.41) is 28.2. The molecule has 102 valence electrons. The van der Waals surface area contributed by atoms with Crippen LogP contribution < -0.4 is 5.32 Å². The van der Waals surface area contributed by atoms with Gasteiger partial charge < -0.3 is 10.4 Å². The van der Waals surface area contributed by atoms with Crippen LogP contribution in [-0.2, 0) is 6.42 Å². The Morgan fingerprint density at radius 2 is 2.00 bits per heavy atom. The van der Waals surface area contributed by atoms with E-state index >= 15 is 0 Å². The zero-order chi connectivity index (χ0) is 13.8. The second-order valence-electron chi connectivity index (χ2n) is 4.47. The molecule has 2 N–H and O–H groups in total. The van der Waals surface area contributed by atoms with Crippen molar-refractivity contribution in [1.82, 2.24) is 25.3 Å². The minimum atomic E-state index is -0.483. The Hall–Kier alpha value is -2.54. The monoisotopic (exact) mass is 270 g/mol. The molecule has 0 bridgehead atoms. The topological polar surface area (TPSA) is 88.2 Å². The molecule has 0 spiro atoms. The third-order valence-electron chi connectivity index (χ3n) is 2.90. The molecule has 0 aliphatic heterocycles. The number of aromatic nitrogens is 5. The van der Waals surface area contributed by atoms with Gasteiger partial charge >= 0.3 is 0 Å². The molecule has 1 atom stereocenters. The molecule has 0 fully saturated rings. The van der Waals surface area contributed by atoms with Gasteiger partial charge in [-0.1, -0.05) is 30.3 Å². The highest BCUT2D eigenvalue weighted by Gasteiger charge is 2.06. The second kappa shape index (κ2) is 5.62. The largest absolute Gasteiger partial charge is 0.391 e. The van der Waals surface area contributed by atoms with Gasteiger partial charge in [-0.25, -0.2) is 0 Å². The molecule has 0 radical (unpaired) electrons. The van der Waals surface area contributed by atoms with E-state index in [1.165, 1.54) is 4.63 Å². The number of hydrogen-bond donors (Lipinski definition) is 2. The standard InChI is InChI=1S/C13H14N6O/c20-11(8-10-4-2-1-3-5-10)9-14-12-6-7-13-15-17-18-19(13)16-12/h1-7,11,20H,8-9H2,(H,14,16). The lowest BCUT2D eigenvalue weighted by Gasteiger charge is -2.12. The highest BCUT2D eigenvalue weighted by molar-refractivity contribution is 5.42. The summed E-state index contributed by atoms with van der Waals surface area (Å²) in [6.07, 6.45) is 0.116. The molecule has 2 aromatic heterocycles. The third-order valence-corrected chi connectivity index (χ3v) is 2.90. The van der Waals surface area contributed by atoms with Crippen LogP contribution in [0.5, 0.6) is 0 Å². The van der Waals surface area contributed by atoms with Gasteiger partial charge in [0.15, 0.2) is 5.65 Å². The van der Waals surface area contributed by atoms with Gasteiger partial charge in [0.1, 0.15) is 5.82 Å². The summed E-state index contributed by atoms with van der Waals surface area (Å²) in [4.78, 5) is 0. The van der Waals surface area contributed by atoms with Crippen molar-refractivity contribution in [2.75, 3.05) is 11.9 Å². The summed E-state index contributed by atoms with van der Waals surface area (Å²) >= 11 is 0. The van der Waals surface area contributed by atoms with E-state index in [0.717, 1.165) is 5.56 Å². The van der Waals surface area contributed by atoms with Gasteiger partial charge in [0.25, 0.3) is 0 Å². The highest BCUT2D eigenvalue weighted by Crippen LogP contribution is 2.06. The maximum Gasteiger partial charge on any atom is 0.200 e. The van der Waals surface area contributed by atoms with E-state index in [1.54, 1.807) is 12.1 Å². The maximum atomic E-state index is 10.00. The minimum absolute atomic E-state index is 0.412. The van der Waals surface area contributed by atoms with Crippen molar-refractivity contribution >= 4 is 11.5 Å². The van der Waals surface area contributed by atoms with Gasteiger partial charge in [-0.3, -0.25) is 0 Å². The van der Waals surface area contributed by atoms with Crippen LogP contribution in [0.4, 0.5) is 5.82 Å². The lowest BCUT2D eigenvalue weighted by molar-refractivity contribution is 0.188. The number of hydrogen-bond acceptors (Lipinski definition) is 6. The molecule has 20 heavy (non-hydrogen) atoms. The zero-order valence-electron chi connectivity index (χ0n) is 10.7. The smallest absolute Gasteiger partial charge is 0.200 e. The number of benzene rings is 1. The van der Waals surface area contributed by atoms with Crippen LogP contribution in [0.15, 0.2) is 42.5 Å². The van der Waals surface area contributed by atoms with Crippen molar-refractivity contribution in [2.45, 2.75) is 12.5 Å². The summed E-state index contributed by atoms with van der Waals surface area (Å²) in [5.41, 5.74) is 1.69. The Kier molecular flexibility index (Phi) is 3.51. The van der Waals surface area contributed by atoms with E-state index < -0.39 is 6.10 Å². The molecule has 3 rings (SSSR count). The lowest BCUT2D eigenvalue weighted by Crippen LogP contribution is -2.22. The van der Waals surface area contributed by atoms with Crippen molar-refractivity contribution in [3.63, 3.8) is 0 Å². The Labute approximate surface area is 115 Å². The van der Waals surface area contributed by atoms with Crippen molar-refractivity contribution in [3.8, 4) is 0 Å². The normalized spacial score (nSPS) is 12.4. The summed E-state index contributed by atoms with van der Waals surface area (Å²) in [7, 11) is 0. The molecule has 7 nitrogen and oxygen atoms in total. The van der Waals surface area contributed by atoms with Crippen molar-refractivity contribution in [2.24, 2.45) is 0 Å². The number of tetrazole rings is 1. The molecule has 0 aliphatic carbocycles. The second-order valence-corrected chi connectivity index (χ2v) is 4.47. The van der Waals surface area contributed by atoms with E-state index in [9.17, 15) is 5.11 Å². The fourth-order valence-electron chi connectivity index (χ4n) is 1.92. The summed E-state index contributed by atoms with van der Waals surface area (Å²) in [6, 6.07) is 13.4. The van der Waals surface area contributed by atoms with Gasteiger partial charge in [-0.2, -0.15) is 0 Å². The highest BCUT2D eigenvalue weighted by atomic mass is 16.3. The van der Waals surface area contributed by atoms with Crippen LogP contribution in [0.1, 0.15) is 5.56 Å². The van der Waals surface area contributed by atoms with Crippen LogP contribution in [0, 0.1) is 0 Å². The lowest BCUT2D eigenvalue weighted by atomic mass is 10.1. The molecule has 1 aromatic carbocycles. The van der Waals surface area contributed by atoms with Gasteiger partial charge in [0, 0.05) is 13.0 Å². The van der Waals surface area contributed by atoms with Crippen molar-refractivity contribution in [1.29, 1.82) is 0 Å². The van der Waals surface area contributed by atoms with Gasteiger partial charge in [0.2, 0.25) is 0 Å². The number of fused-ring (bicyclic) bond motifs is 1. The predicted octanol–water partition coefficient (Wildman–Crippen LogP) is 0.535. The summed E-state index contributed by atoms with van der Waals surface area (Å²) in [6.45, 7) is 0.412. The van der Waals surface area contributed by atoms with Crippen LogP contribution in [-0.4, -0.2) is 43.0 Å². The van der Waals surface area contributed by atoms with Crippen LogP contribution in [0.25, 0.3) is 5.65 Å². The quantitative estimate of drug-likeness (QED) is 0.703. The number of nitrogens with one attached hydrogen (secondary N) is 1. The number of rotatable bonds is 5. The molecular weight excluding hydrogens is 256 g/mol. The molecule has 0 saturated carbocycles. The number of aliphatic hydroxyl groups excluding tert-OH is 1. The van der Waals surface area contributed by atoms with E-state index in [1.807, 2.05) is 30.3 Å². The molecule has 2 heterocycles. The molecule has 3 aromatic rings. The van der Waals surface area contributed by atoms with Gasteiger partial charge in [0.05, 0.1) is 6.10 Å². The number of aliphatic hydroxyl groups is 1. The zero-order valence-corrected chi connectivity index (χ0v) is 10.7. The van der Waals surface area contributed by atoms with Gasteiger partial charge in [-0.15, -0.1) is 14.8 Å². The fraction of sp³-hybridized carbons (Fsp3) is 0.231. The first-order valence-electron chi connectivity index (χ1n) is 6.32. The average molecular weight is 270 g/mol. The first kappa shape index (κ1) is 12.5. The Bertz CT molecular complexity index is 683. The van der Waals surface area contributed by atoms with Crippen molar-refractivity contribution in [3.05, 3.63) is 48.0 Å². The summed E-state index contributed by atoms with van der Waals surface area (Å²) < 4.78 is 1.34. The number of nitrogens with zero attached hydrogens (tertiary/aromatic N) is 5. The van der Waals surface area contributed by atoms with Gasteiger partial charge in [-0.05, 0) is 28.1 Å². The molecule has 0 saturated heterocycles. The average Bonchev–Trinajstić information content (AvgIpc) is 2.93. The van der Waals surface area contributed by atoms with E-state index in [-0.39, 0.29) is 0 Å². The molecule has 7 heteroatoms. The first-order chi connectivity index (χ1) is 9.81. The SMILES string of the molecule is OC(CNc1ccc2nnnn2n1)Cc1ccccc1. The van der Waals surface area contributed by atoms with Crippen molar-refractivity contribution < 1.29 is 5.11 Å². The van der Waals surface area contributed by atoms with Crippen LogP contribution >= 0.6 is 0 Å². The Morgan fingerprint density at radius 1 is 1.15 bits per heavy atom. The third kappa shape index (κ3) is 2.89. The van der Waals surface area contributed by atoms with Crippen LogP contribution in [0.2, 0.25) is 0 Å². The maximum absolute atomic E-state index is 10.00. The molecule has 1 unspecified atom stereocenters. The Balaban J connectivity index is 1.58. The minimum Gasteiger partial charge on any atom is -0.391 e.